The molecule has 0 aliphatic carbocycles. The van der Waals surface area contributed by atoms with Crippen molar-refractivity contribution < 1.29 is 26.2 Å². The number of hydrogen-bond donors (Lipinski definition) is 0. The van der Waals surface area contributed by atoms with Crippen LogP contribution in [0, 0.1) is 0 Å². The minimum absolute atomic E-state index is 0.214. The van der Waals surface area contributed by atoms with E-state index in [0.29, 0.717) is 12.3 Å². The Labute approximate surface area is 150 Å². The van der Waals surface area contributed by atoms with E-state index in [1.165, 1.54) is 6.26 Å². The van der Waals surface area contributed by atoms with Crippen molar-refractivity contribution in [1.82, 2.24) is 4.90 Å². The molecule has 1 aromatic carbocycles. The van der Waals surface area contributed by atoms with E-state index in [0.717, 1.165) is 11.8 Å². The summed E-state index contributed by atoms with van der Waals surface area (Å²) < 4.78 is 37.7. The maximum absolute atomic E-state index is 12.7. The molecular formula is C18H17NO6S. The highest BCUT2D eigenvalue weighted by atomic mass is 32.2. The van der Waals surface area contributed by atoms with E-state index in [4.69, 9.17) is 13.0 Å². The van der Waals surface area contributed by atoms with Gasteiger partial charge in [-0.25, -0.2) is 0 Å². The minimum atomic E-state index is -3.58. The SMILES string of the molecule is CS(=O)(=O)Oc1ccc(CN(Cc2ccco2)C(=O)c2ccco2)cc1. The van der Waals surface area contributed by atoms with E-state index in [-0.39, 0.29) is 24.0 Å². The maximum atomic E-state index is 12.7. The number of hydrogen-bond acceptors (Lipinski definition) is 6. The van der Waals surface area contributed by atoms with Crippen LogP contribution in [0.4, 0.5) is 0 Å². The molecule has 0 atom stereocenters. The smallest absolute Gasteiger partial charge is 0.306 e. The van der Waals surface area contributed by atoms with Crippen LogP contribution in [0.5, 0.6) is 5.75 Å². The lowest BCUT2D eigenvalue weighted by molar-refractivity contribution is 0.0685. The van der Waals surface area contributed by atoms with Gasteiger partial charge in [-0.3, -0.25) is 4.79 Å². The van der Waals surface area contributed by atoms with E-state index in [1.54, 1.807) is 59.7 Å². The molecule has 3 aromatic rings. The number of benzene rings is 1. The lowest BCUT2D eigenvalue weighted by Crippen LogP contribution is -2.29. The fourth-order valence-corrected chi connectivity index (χ4v) is 2.85. The van der Waals surface area contributed by atoms with Gasteiger partial charge in [0.05, 0.1) is 25.3 Å². The average molecular weight is 375 g/mol. The molecule has 2 heterocycles. The van der Waals surface area contributed by atoms with E-state index < -0.39 is 10.1 Å². The van der Waals surface area contributed by atoms with Crippen LogP contribution in [0.3, 0.4) is 0 Å². The van der Waals surface area contributed by atoms with Gasteiger partial charge in [-0.1, -0.05) is 12.1 Å². The molecule has 26 heavy (non-hydrogen) atoms. The molecular weight excluding hydrogens is 358 g/mol. The van der Waals surface area contributed by atoms with Crippen LogP contribution in [0.2, 0.25) is 0 Å². The van der Waals surface area contributed by atoms with Crippen LogP contribution in [-0.4, -0.2) is 25.5 Å². The highest BCUT2D eigenvalue weighted by molar-refractivity contribution is 7.86. The third-order valence-corrected chi connectivity index (χ3v) is 3.99. The molecule has 0 unspecified atom stereocenters. The number of carbonyl (C=O) groups is 1. The van der Waals surface area contributed by atoms with Crippen LogP contribution in [0.15, 0.2) is 69.9 Å². The Morgan fingerprint density at radius 3 is 2.27 bits per heavy atom. The van der Waals surface area contributed by atoms with Gasteiger partial charge in [0.2, 0.25) is 0 Å². The minimum Gasteiger partial charge on any atom is -0.467 e. The Bertz CT molecular complexity index is 944. The quantitative estimate of drug-likeness (QED) is 0.590. The van der Waals surface area contributed by atoms with Gasteiger partial charge in [-0.05, 0) is 42.0 Å². The molecule has 2 aromatic heterocycles. The number of nitrogens with zero attached hydrogens (tertiary/aromatic N) is 1. The van der Waals surface area contributed by atoms with Crippen LogP contribution in [-0.2, 0) is 23.2 Å². The number of amides is 1. The zero-order valence-corrected chi connectivity index (χ0v) is 14.8. The third kappa shape index (κ3) is 4.76. The summed E-state index contributed by atoms with van der Waals surface area (Å²) in [6, 6.07) is 13.3. The van der Waals surface area contributed by atoms with Crippen molar-refractivity contribution in [3.05, 3.63) is 78.1 Å². The van der Waals surface area contributed by atoms with Gasteiger partial charge < -0.3 is 17.9 Å². The summed E-state index contributed by atoms with van der Waals surface area (Å²) in [5.41, 5.74) is 0.803. The zero-order valence-electron chi connectivity index (χ0n) is 14.0. The second-order valence-electron chi connectivity index (χ2n) is 5.65. The van der Waals surface area contributed by atoms with Gasteiger partial charge in [0.25, 0.3) is 5.91 Å². The fourth-order valence-electron chi connectivity index (χ4n) is 2.39. The number of carbonyl (C=O) groups excluding carboxylic acids is 1. The summed E-state index contributed by atoms with van der Waals surface area (Å²) in [7, 11) is -3.58. The Balaban J connectivity index is 1.77. The van der Waals surface area contributed by atoms with Crippen molar-refractivity contribution in [1.29, 1.82) is 0 Å². The monoisotopic (exact) mass is 375 g/mol. The second-order valence-corrected chi connectivity index (χ2v) is 7.22. The van der Waals surface area contributed by atoms with Crippen molar-refractivity contribution in [3.63, 3.8) is 0 Å². The lowest BCUT2D eigenvalue weighted by Gasteiger charge is -2.21. The molecule has 0 fully saturated rings. The number of furan rings is 2. The second kappa shape index (κ2) is 7.49. The predicted octanol–water partition coefficient (Wildman–Crippen LogP) is 3.05. The first-order valence-electron chi connectivity index (χ1n) is 7.74. The first-order chi connectivity index (χ1) is 12.4. The van der Waals surface area contributed by atoms with E-state index in [9.17, 15) is 13.2 Å². The van der Waals surface area contributed by atoms with Crippen molar-refractivity contribution in [3.8, 4) is 5.75 Å². The van der Waals surface area contributed by atoms with Gasteiger partial charge >= 0.3 is 10.1 Å². The van der Waals surface area contributed by atoms with E-state index in [1.807, 2.05) is 0 Å². The molecule has 0 saturated heterocycles. The molecule has 0 aliphatic heterocycles. The van der Waals surface area contributed by atoms with Gasteiger partial charge in [-0.2, -0.15) is 8.42 Å². The fraction of sp³-hybridized carbons (Fsp3) is 0.167. The van der Waals surface area contributed by atoms with E-state index >= 15 is 0 Å². The van der Waals surface area contributed by atoms with Crippen LogP contribution >= 0.6 is 0 Å². The first-order valence-corrected chi connectivity index (χ1v) is 9.56. The van der Waals surface area contributed by atoms with Gasteiger partial charge in [0, 0.05) is 6.54 Å². The molecule has 0 saturated carbocycles. The van der Waals surface area contributed by atoms with Crippen molar-refractivity contribution in [2.45, 2.75) is 13.1 Å². The van der Waals surface area contributed by atoms with Crippen LogP contribution in [0.1, 0.15) is 21.9 Å². The molecule has 0 radical (unpaired) electrons. The molecule has 3 rings (SSSR count). The third-order valence-electron chi connectivity index (χ3n) is 3.49. The summed E-state index contributed by atoms with van der Waals surface area (Å²) in [5.74, 6) is 0.810. The zero-order chi connectivity index (χ0) is 18.6. The molecule has 0 aliphatic rings. The lowest BCUT2D eigenvalue weighted by atomic mass is 10.2. The topological polar surface area (TPSA) is 90.0 Å². The summed E-state index contributed by atoms with van der Waals surface area (Å²) in [4.78, 5) is 14.3. The van der Waals surface area contributed by atoms with Crippen molar-refractivity contribution in [2.75, 3.05) is 6.26 Å². The summed E-state index contributed by atoms with van der Waals surface area (Å²) in [5, 5.41) is 0. The van der Waals surface area contributed by atoms with Gasteiger partial charge in [0.1, 0.15) is 11.5 Å². The summed E-state index contributed by atoms with van der Waals surface area (Å²) in [6.07, 6.45) is 3.96. The Kier molecular flexibility index (Phi) is 5.13. The number of rotatable bonds is 7. The van der Waals surface area contributed by atoms with Gasteiger partial charge in [-0.15, -0.1) is 0 Å². The predicted molar refractivity (Wildman–Crippen MR) is 92.9 cm³/mol. The van der Waals surface area contributed by atoms with Gasteiger partial charge in [0.15, 0.2) is 5.76 Å². The normalized spacial score (nSPS) is 11.3. The first kappa shape index (κ1) is 17.8. The van der Waals surface area contributed by atoms with Crippen molar-refractivity contribution >= 4 is 16.0 Å². The summed E-state index contributed by atoms with van der Waals surface area (Å²) >= 11 is 0. The molecule has 0 N–H and O–H groups in total. The average Bonchev–Trinajstić information content (AvgIpc) is 3.27. The van der Waals surface area contributed by atoms with Crippen LogP contribution < -0.4 is 4.18 Å². The molecule has 8 heteroatoms. The standard InChI is InChI=1S/C18H17NO6S/c1-26(21,22)25-15-8-6-14(7-9-15)12-19(13-16-4-2-10-23-16)18(20)17-5-3-11-24-17/h2-11H,12-13H2,1H3. The van der Waals surface area contributed by atoms with Crippen molar-refractivity contribution in [2.24, 2.45) is 0 Å². The van der Waals surface area contributed by atoms with E-state index in [2.05, 4.69) is 0 Å². The Morgan fingerprint density at radius 1 is 1.00 bits per heavy atom. The molecule has 0 bridgehead atoms. The molecule has 0 spiro atoms. The Morgan fingerprint density at radius 2 is 1.69 bits per heavy atom. The highest BCUT2D eigenvalue weighted by Crippen LogP contribution is 2.18. The molecule has 1 amide bonds. The Hall–Kier alpha value is -3.00. The summed E-state index contributed by atoms with van der Waals surface area (Å²) in [6.45, 7) is 0.563. The largest absolute Gasteiger partial charge is 0.467 e. The maximum Gasteiger partial charge on any atom is 0.306 e. The highest BCUT2D eigenvalue weighted by Gasteiger charge is 2.20. The van der Waals surface area contributed by atoms with Crippen LogP contribution in [0.25, 0.3) is 0 Å². The molecule has 136 valence electrons. The molecule has 7 nitrogen and oxygen atoms in total.